The Morgan fingerprint density at radius 3 is 1.83 bits per heavy atom. The van der Waals surface area contributed by atoms with E-state index in [-0.39, 0.29) is 18.5 Å². The van der Waals surface area contributed by atoms with E-state index in [0.717, 1.165) is 27.3 Å². The van der Waals surface area contributed by atoms with Gasteiger partial charge in [-0.2, -0.15) is 0 Å². The number of nitrogens with one attached hydrogen (secondary N) is 1. The number of aryl methyl sites for hydroxylation is 1. The van der Waals surface area contributed by atoms with Crippen LogP contribution in [-0.2, 0) is 14.8 Å². The summed E-state index contributed by atoms with van der Waals surface area (Å²) in [5, 5.41) is 3.00. The number of sulfonamides is 1. The maximum Gasteiger partial charge on any atom is 0.241 e. The highest BCUT2D eigenvalue weighted by atomic mass is 32.2. The molecule has 0 saturated heterocycles. The first-order valence-electron chi connectivity index (χ1n) is 9.29. The van der Waals surface area contributed by atoms with Crippen LogP contribution in [-0.4, -0.2) is 27.1 Å². The van der Waals surface area contributed by atoms with Gasteiger partial charge in [0, 0.05) is 0 Å². The Labute approximate surface area is 172 Å². The fourth-order valence-corrected chi connectivity index (χ4v) is 4.13. The van der Waals surface area contributed by atoms with Gasteiger partial charge in [0.1, 0.15) is 6.54 Å². The normalized spacial score (nSPS) is 11.3. The summed E-state index contributed by atoms with van der Waals surface area (Å²) in [6.45, 7) is 1.53. The molecule has 3 rings (SSSR count). The van der Waals surface area contributed by atoms with E-state index in [9.17, 15) is 13.2 Å². The third kappa shape index (κ3) is 5.23. The SMILES string of the molecule is Cc1ccccc1N(CC(=O)NC(c1ccccc1)c1ccccc1)S(C)(=O)=O. The number of benzene rings is 3. The molecule has 3 aromatic rings. The fraction of sp³-hybridized carbons (Fsp3) is 0.174. The zero-order valence-electron chi connectivity index (χ0n) is 16.4. The Morgan fingerprint density at radius 2 is 1.34 bits per heavy atom. The van der Waals surface area contributed by atoms with Crippen molar-refractivity contribution in [1.29, 1.82) is 0 Å². The maximum absolute atomic E-state index is 12.9. The Balaban J connectivity index is 1.88. The van der Waals surface area contributed by atoms with E-state index in [1.54, 1.807) is 12.1 Å². The number of carbonyl (C=O) groups is 1. The van der Waals surface area contributed by atoms with Gasteiger partial charge in [-0.25, -0.2) is 8.42 Å². The number of carbonyl (C=O) groups excluding carboxylic acids is 1. The van der Waals surface area contributed by atoms with Crippen LogP contribution in [0.4, 0.5) is 5.69 Å². The van der Waals surface area contributed by atoms with Crippen LogP contribution in [0.5, 0.6) is 0 Å². The number of rotatable bonds is 7. The zero-order chi connectivity index (χ0) is 20.9. The van der Waals surface area contributed by atoms with Gasteiger partial charge in [-0.05, 0) is 29.7 Å². The quantitative estimate of drug-likeness (QED) is 0.649. The molecule has 0 spiro atoms. The molecular formula is C23H24N2O3S. The molecule has 0 bridgehead atoms. The number of hydrogen-bond acceptors (Lipinski definition) is 3. The molecule has 0 aliphatic rings. The van der Waals surface area contributed by atoms with Crippen LogP contribution in [0.1, 0.15) is 22.7 Å². The van der Waals surface area contributed by atoms with Crippen molar-refractivity contribution in [3.8, 4) is 0 Å². The Hall–Kier alpha value is -3.12. The second-order valence-electron chi connectivity index (χ2n) is 6.88. The van der Waals surface area contributed by atoms with Crippen molar-refractivity contribution in [1.82, 2.24) is 5.32 Å². The molecule has 150 valence electrons. The summed E-state index contributed by atoms with van der Waals surface area (Å²) in [6.07, 6.45) is 1.11. The third-order valence-corrected chi connectivity index (χ3v) is 5.77. The minimum absolute atomic E-state index is 0.292. The predicted octanol–water partition coefficient (Wildman–Crippen LogP) is 3.67. The fourth-order valence-electron chi connectivity index (χ4n) is 3.21. The molecule has 0 aliphatic heterocycles. The first kappa shape index (κ1) is 20.6. The van der Waals surface area contributed by atoms with E-state index < -0.39 is 10.0 Å². The average Bonchev–Trinajstić information content (AvgIpc) is 2.71. The topological polar surface area (TPSA) is 66.5 Å². The van der Waals surface area contributed by atoms with Crippen molar-refractivity contribution in [2.45, 2.75) is 13.0 Å². The van der Waals surface area contributed by atoms with Gasteiger partial charge in [0.15, 0.2) is 0 Å². The minimum Gasteiger partial charge on any atom is -0.344 e. The maximum atomic E-state index is 12.9. The number of amides is 1. The van der Waals surface area contributed by atoms with Crippen molar-refractivity contribution < 1.29 is 13.2 Å². The molecule has 0 aromatic heterocycles. The summed E-state index contributed by atoms with van der Waals surface area (Å²) < 4.78 is 25.9. The molecule has 0 radical (unpaired) electrons. The first-order chi connectivity index (χ1) is 13.9. The van der Waals surface area contributed by atoms with Crippen LogP contribution >= 0.6 is 0 Å². The second kappa shape index (κ2) is 8.92. The van der Waals surface area contributed by atoms with Crippen molar-refractivity contribution in [3.05, 3.63) is 102 Å². The summed E-state index contributed by atoms with van der Waals surface area (Å²) >= 11 is 0. The number of nitrogens with zero attached hydrogens (tertiary/aromatic N) is 1. The lowest BCUT2D eigenvalue weighted by molar-refractivity contribution is -0.120. The summed E-state index contributed by atoms with van der Waals surface area (Å²) in [6, 6.07) is 26.0. The number of para-hydroxylation sites is 1. The second-order valence-corrected chi connectivity index (χ2v) is 8.78. The molecule has 1 amide bonds. The molecule has 5 nitrogen and oxygen atoms in total. The number of hydrogen-bond donors (Lipinski definition) is 1. The van der Waals surface area contributed by atoms with Crippen LogP contribution in [0.15, 0.2) is 84.9 Å². The average molecular weight is 409 g/mol. The molecule has 6 heteroatoms. The molecule has 0 aliphatic carbocycles. The monoisotopic (exact) mass is 408 g/mol. The smallest absolute Gasteiger partial charge is 0.241 e. The van der Waals surface area contributed by atoms with E-state index in [1.165, 1.54) is 0 Å². The highest BCUT2D eigenvalue weighted by Crippen LogP contribution is 2.24. The van der Waals surface area contributed by atoms with Gasteiger partial charge in [-0.1, -0.05) is 78.9 Å². The van der Waals surface area contributed by atoms with Crippen LogP contribution in [0, 0.1) is 6.92 Å². The summed E-state index contributed by atoms with van der Waals surface area (Å²) in [5.74, 6) is -0.378. The lowest BCUT2D eigenvalue weighted by Gasteiger charge is -2.26. The van der Waals surface area contributed by atoms with Gasteiger partial charge in [-0.3, -0.25) is 9.10 Å². The molecule has 0 atom stereocenters. The van der Waals surface area contributed by atoms with Crippen LogP contribution in [0.2, 0.25) is 0 Å². The lowest BCUT2D eigenvalue weighted by Crippen LogP contribution is -2.42. The van der Waals surface area contributed by atoms with E-state index in [2.05, 4.69) is 5.32 Å². The molecule has 0 saturated carbocycles. The van der Waals surface area contributed by atoms with Crippen molar-refractivity contribution in [3.63, 3.8) is 0 Å². The molecule has 0 unspecified atom stereocenters. The molecule has 0 fully saturated rings. The van der Waals surface area contributed by atoms with Gasteiger partial charge in [-0.15, -0.1) is 0 Å². The van der Waals surface area contributed by atoms with Gasteiger partial charge in [0.2, 0.25) is 15.9 Å². The minimum atomic E-state index is -3.63. The largest absolute Gasteiger partial charge is 0.344 e. The summed E-state index contributed by atoms with van der Waals surface area (Å²) in [7, 11) is -3.63. The van der Waals surface area contributed by atoms with E-state index >= 15 is 0 Å². The molecule has 0 heterocycles. The zero-order valence-corrected chi connectivity index (χ0v) is 17.3. The Bertz CT molecular complexity index is 1030. The van der Waals surface area contributed by atoms with E-state index in [1.807, 2.05) is 79.7 Å². The molecular weight excluding hydrogens is 384 g/mol. The van der Waals surface area contributed by atoms with Gasteiger partial charge >= 0.3 is 0 Å². The lowest BCUT2D eigenvalue weighted by atomic mass is 9.99. The summed E-state index contributed by atoms with van der Waals surface area (Å²) in [5.41, 5.74) is 3.14. The van der Waals surface area contributed by atoms with E-state index in [0.29, 0.717) is 5.69 Å². The standard InChI is InChI=1S/C23H24N2O3S/c1-18-11-9-10-16-21(18)25(29(2,27)28)17-22(26)24-23(19-12-5-3-6-13-19)20-14-7-4-8-15-20/h3-16,23H,17H2,1-2H3,(H,24,26). The number of anilines is 1. The Morgan fingerprint density at radius 1 is 0.862 bits per heavy atom. The molecule has 3 aromatic carbocycles. The van der Waals surface area contributed by atoms with Crippen LogP contribution in [0.3, 0.4) is 0 Å². The highest BCUT2D eigenvalue weighted by molar-refractivity contribution is 7.92. The highest BCUT2D eigenvalue weighted by Gasteiger charge is 2.24. The van der Waals surface area contributed by atoms with Crippen molar-refractivity contribution in [2.75, 3.05) is 17.1 Å². The summed E-state index contributed by atoms with van der Waals surface area (Å²) in [4.78, 5) is 12.9. The van der Waals surface area contributed by atoms with Gasteiger partial charge in [0.05, 0.1) is 18.0 Å². The van der Waals surface area contributed by atoms with Crippen LogP contribution in [0.25, 0.3) is 0 Å². The van der Waals surface area contributed by atoms with Gasteiger partial charge in [0.25, 0.3) is 0 Å². The Kier molecular flexibility index (Phi) is 6.34. The molecule has 1 N–H and O–H groups in total. The first-order valence-corrected chi connectivity index (χ1v) is 11.1. The predicted molar refractivity (Wildman–Crippen MR) is 116 cm³/mol. The van der Waals surface area contributed by atoms with Crippen LogP contribution < -0.4 is 9.62 Å². The van der Waals surface area contributed by atoms with Crippen molar-refractivity contribution >= 4 is 21.6 Å². The third-order valence-electron chi connectivity index (χ3n) is 4.64. The van der Waals surface area contributed by atoms with Crippen molar-refractivity contribution in [2.24, 2.45) is 0 Å². The molecule has 29 heavy (non-hydrogen) atoms. The van der Waals surface area contributed by atoms with E-state index in [4.69, 9.17) is 0 Å². The van der Waals surface area contributed by atoms with Gasteiger partial charge < -0.3 is 5.32 Å².